The fourth-order valence-corrected chi connectivity index (χ4v) is 4.49. The van der Waals surface area contributed by atoms with Gasteiger partial charge in [0.05, 0.1) is 23.3 Å². The number of ether oxygens (including phenoxy) is 2. The summed E-state index contributed by atoms with van der Waals surface area (Å²) in [4.78, 5) is 0. The summed E-state index contributed by atoms with van der Waals surface area (Å²) in [5.74, 6) is 0.0296. The van der Waals surface area contributed by atoms with Crippen LogP contribution in [0.25, 0.3) is 10.9 Å². The third kappa shape index (κ3) is 4.59. The Hall–Kier alpha value is -2.20. The van der Waals surface area contributed by atoms with Gasteiger partial charge in [0.15, 0.2) is 6.23 Å². The Labute approximate surface area is 195 Å². The quantitative estimate of drug-likeness (QED) is 0.433. The predicted molar refractivity (Wildman–Crippen MR) is 121 cm³/mol. The summed E-state index contributed by atoms with van der Waals surface area (Å²) in [6.07, 6.45) is -4.84. The maximum Gasteiger partial charge on any atom is 0.163 e. The SMILES string of the molecule is CC(C)Oc1ccc(Cc2cn([C@@H]3O[C@H](CO)[C@@H](O)[C@H](O)[C@H]3O)c3c(Cl)cccc23)c(F)c1. The summed E-state index contributed by atoms with van der Waals surface area (Å²) in [6, 6.07) is 9.98. The van der Waals surface area contributed by atoms with E-state index in [2.05, 4.69) is 0 Å². The van der Waals surface area contributed by atoms with Gasteiger partial charge in [-0.2, -0.15) is 0 Å². The highest BCUT2D eigenvalue weighted by Crippen LogP contribution is 2.37. The predicted octanol–water partition coefficient (Wildman–Crippen LogP) is 2.78. The van der Waals surface area contributed by atoms with Crippen LogP contribution in [-0.2, 0) is 11.2 Å². The van der Waals surface area contributed by atoms with Gasteiger partial charge in [0, 0.05) is 24.1 Å². The molecule has 0 aliphatic carbocycles. The van der Waals surface area contributed by atoms with Gasteiger partial charge < -0.3 is 34.5 Å². The fraction of sp³-hybridized carbons (Fsp3) is 0.417. The summed E-state index contributed by atoms with van der Waals surface area (Å²) < 4.78 is 27.6. The number of halogens is 2. The Morgan fingerprint density at radius 2 is 1.85 bits per heavy atom. The van der Waals surface area contributed by atoms with Crippen LogP contribution in [0.15, 0.2) is 42.6 Å². The van der Waals surface area contributed by atoms with Crippen molar-refractivity contribution < 1.29 is 34.3 Å². The summed E-state index contributed by atoms with van der Waals surface area (Å²) >= 11 is 6.47. The third-order valence-corrected chi connectivity index (χ3v) is 6.11. The van der Waals surface area contributed by atoms with Gasteiger partial charge in [0.1, 0.15) is 36.0 Å². The average molecular weight is 480 g/mol. The molecule has 2 aromatic carbocycles. The van der Waals surface area contributed by atoms with Crippen molar-refractivity contribution in [2.45, 2.75) is 57.0 Å². The zero-order valence-electron chi connectivity index (χ0n) is 18.2. The van der Waals surface area contributed by atoms with Gasteiger partial charge in [0.25, 0.3) is 0 Å². The maximum absolute atomic E-state index is 14.8. The van der Waals surface area contributed by atoms with Gasteiger partial charge in [-0.15, -0.1) is 0 Å². The molecule has 4 rings (SSSR count). The van der Waals surface area contributed by atoms with Crippen LogP contribution < -0.4 is 4.74 Å². The second kappa shape index (κ2) is 9.58. The van der Waals surface area contributed by atoms with E-state index in [4.69, 9.17) is 21.1 Å². The lowest BCUT2D eigenvalue weighted by Gasteiger charge is -2.40. The molecule has 7 nitrogen and oxygen atoms in total. The Morgan fingerprint density at radius 1 is 1.09 bits per heavy atom. The number of aliphatic hydroxyl groups excluding tert-OH is 4. The van der Waals surface area contributed by atoms with Crippen molar-refractivity contribution in [3.63, 3.8) is 0 Å². The zero-order chi connectivity index (χ0) is 23.9. The van der Waals surface area contributed by atoms with Crippen molar-refractivity contribution in [1.29, 1.82) is 0 Å². The largest absolute Gasteiger partial charge is 0.491 e. The summed E-state index contributed by atoms with van der Waals surface area (Å²) in [6.45, 7) is 3.18. The molecule has 0 saturated carbocycles. The number of fused-ring (bicyclic) bond motifs is 1. The number of nitrogens with zero attached hydrogens (tertiary/aromatic N) is 1. The molecule has 0 bridgehead atoms. The van der Waals surface area contributed by atoms with Crippen LogP contribution in [0.3, 0.4) is 0 Å². The molecule has 1 fully saturated rings. The van der Waals surface area contributed by atoms with E-state index in [0.29, 0.717) is 21.9 Å². The molecule has 0 spiro atoms. The Morgan fingerprint density at radius 3 is 2.52 bits per heavy atom. The van der Waals surface area contributed by atoms with E-state index in [1.54, 1.807) is 35.0 Å². The number of aromatic nitrogens is 1. The molecule has 1 saturated heterocycles. The highest BCUT2D eigenvalue weighted by molar-refractivity contribution is 6.35. The number of benzene rings is 2. The second-order valence-corrected chi connectivity index (χ2v) is 8.92. The summed E-state index contributed by atoms with van der Waals surface area (Å²) in [5.41, 5.74) is 1.69. The third-order valence-electron chi connectivity index (χ3n) is 5.80. The van der Waals surface area contributed by atoms with Gasteiger partial charge in [0.2, 0.25) is 0 Å². The summed E-state index contributed by atoms with van der Waals surface area (Å²) in [5, 5.41) is 41.6. The molecule has 9 heteroatoms. The normalized spacial score (nSPS) is 25.7. The van der Waals surface area contributed by atoms with Gasteiger partial charge in [-0.1, -0.05) is 29.8 Å². The van der Waals surface area contributed by atoms with Crippen LogP contribution in [0.4, 0.5) is 4.39 Å². The zero-order valence-corrected chi connectivity index (χ0v) is 19.0. The lowest BCUT2D eigenvalue weighted by molar-refractivity contribution is -0.250. The molecule has 0 radical (unpaired) electrons. The fourth-order valence-electron chi connectivity index (χ4n) is 4.21. The number of hydrogen-bond donors (Lipinski definition) is 4. The molecule has 33 heavy (non-hydrogen) atoms. The molecule has 0 amide bonds. The topological polar surface area (TPSA) is 104 Å². The first-order valence-electron chi connectivity index (χ1n) is 10.7. The Balaban J connectivity index is 1.74. The van der Waals surface area contributed by atoms with Crippen molar-refractivity contribution >= 4 is 22.5 Å². The van der Waals surface area contributed by atoms with E-state index in [-0.39, 0.29) is 12.5 Å². The molecule has 4 N–H and O–H groups in total. The molecule has 3 aromatic rings. The van der Waals surface area contributed by atoms with Crippen molar-refractivity contribution in [2.75, 3.05) is 6.61 Å². The van der Waals surface area contributed by atoms with Crippen LogP contribution in [0.2, 0.25) is 5.02 Å². The molecule has 1 aromatic heterocycles. The second-order valence-electron chi connectivity index (χ2n) is 8.51. The van der Waals surface area contributed by atoms with Gasteiger partial charge >= 0.3 is 0 Å². The number of rotatable bonds is 6. The highest BCUT2D eigenvalue weighted by atomic mass is 35.5. The van der Waals surface area contributed by atoms with Crippen molar-refractivity contribution in [3.05, 3.63) is 64.6 Å². The van der Waals surface area contributed by atoms with E-state index in [0.717, 1.165) is 10.9 Å². The van der Waals surface area contributed by atoms with E-state index < -0.39 is 43.1 Å². The lowest BCUT2D eigenvalue weighted by atomic mass is 9.98. The van der Waals surface area contributed by atoms with Crippen LogP contribution in [0.5, 0.6) is 5.75 Å². The standard InChI is InChI=1S/C24H27ClFNO6/c1-12(2)32-15-7-6-13(18(26)9-15)8-14-10-27(20-16(14)4-3-5-17(20)25)24-23(31)22(30)21(29)19(11-28)33-24/h3-7,9-10,12,19,21-24,28-31H,8,11H2,1-2H3/t19-,21-,22+,23-,24-/m1/s1. The molecule has 2 heterocycles. The number of para-hydroxylation sites is 1. The van der Waals surface area contributed by atoms with Gasteiger partial charge in [-0.3, -0.25) is 0 Å². The van der Waals surface area contributed by atoms with Crippen LogP contribution in [0, 0.1) is 5.82 Å². The number of aliphatic hydroxyl groups is 4. The summed E-state index contributed by atoms with van der Waals surface area (Å²) in [7, 11) is 0. The maximum atomic E-state index is 14.8. The number of hydrogen-bond acceptors (Lipinski definition) is 6. The van der Waals surface area contributed by atoms with Gasteiger partial charge in [-0.05, 0) is 37.1 Å². The monoisotopic (exact) mass is 479 g/mol. The van der Waals surface area contributed by atoms with Crippen molar-refractivity contribution in [3.8, 4) is 5.75 Å². The van der Waals surface area contributed by atoms with Crippen LogP contribution in [-0.4, -0.2) is 62.1 Å². The molecular weight excluding hydrogens is 453 g/mol. The van der Waals surface area contributed by atoms with E-state index in [1.165, 1.54) is 6.07 Å². The molecule has 178 valence electrons. The molecule has 1 aliphatic rings. The molecular formula is C24H27ClFNO6. The molecule has 5 atom stereocenters. The Kier molecular flexibility index (Phi) is 6.95. The molecule has 0 unspecified atom stereocenters. The lowest BCUT2D eigenvalue weighted by Crippen LogP contribution is -2.56. The van der Waals surface area contributed by atoms with Crippen LogP contribution in [0.1, 0.15) is 31.2 Å². The van der Waals surface area contributed by atoms with Gasteiger partial charge in [-0.25, -0.2) is 4.39 Å². The first-order chi connectivity index (χ1) is 15.7. The van der Waals surface area contributed by atoms with Crippen molar-refractivity contribution in [1.82, 2.24) is 4.57 Å². The van der Waals surface area contributed by atoms with Crippen molar-refractivity contribution in [2.24, 2.45) is 0 Å². The van der Waals surface area contributed by atoms with E-state index in [9.17, 15) is 24.8 Å². The first-order valence-corrected chi connectivity index (χ1v) is 11.1. The van der Waals surface area contributed by atoms with E-state index in [1.807, 2.05) is 19.9 Å². The minimum Gasteiger partial charge on any atom is -0.491 e. The smallest absolute Gasteiger partial charge is 0.163 e. The van der Waals surface area contributed by atoms with Crippen LogP contribution >= 0.6 is 11.6 Å². The molecule has 1 aliphatic heterocycles. The first kappa shape index (κ1) is 23.9. The van der Waals surface area contributed by atoms with E-state index >= 15 is 0 Å². The highest BCUT2D eigenvalue weighted by Gasteiger charge is 2.44. The Bertz CT molecular complexity index is 1130. The average Bonchev–Trinajstić information content (AvgIpc) is 3.13. The minimum absolute atomic E-state index is 0.0751. The minimum atomic E-state index is -1.53.